The van der Waals surface area contributed by atoms with Crippen LogP contribution in [0.25, 0.3) is 11.1 Å². The summed E-state index contributed by atoms with van der Waals surface area (Å²) in [6.45, 7) is 4.03. The Balaban J connectivity index is 1.45. The summed E-state index contributed by atoms with van der Waals surface area (Å²) in [5.41, 5.74) is 7.27. The third kappa shape index (κ3) is 4.09. The fourth-order valence-corrected chi connectivity index (χ4v) is 4.64. The normalized spacial score (nSPS) is 12.3. The van der Waals surface area contributed by atoms with Gasteiger partial charge in [-0.2, -0.15) is 0 Å². The molecule has 7 heteroatoms. The molecule has 0 aliphatic heterocycles. The van der Waals surface area contributed by atoms with Gasteiger partial charge in [-0.05, 0) is 64.3 Å². The predicted molar refractivity (Wildman–Crippen MR) is 125 cm³/mol. The van der Waals surface area contributed by atoms with Crippen molar-refractivity contribution in [2.75, 3.05) is 6.61 Å². The number of amides is 1. The van der Waals surface area contributed by atoms with Gasteiger partial charge in [0.15, 0.2) is 0 Å². The van der Waals surface area contributed by atoms with E-state index in [1.165, 1.54) is 11.1 Å². The number of carbonyl (C=O) groups excluding carboxylic acids is 1. The number of nitrogens with one attached hydrogen (secondary N) is 1. The minimum Gasteiger partial charge on any atom is -0.449 e. The molecule has 158 valence electrons. The van der Waals surface area contributed by atoms with E-state index in [9.17, 15) is 14.8 Å². The van der Waals surface area contributed by atoms with Crippen molar-refractivity contribution in [3.63, 3.8) is 0 Å². The number of hydrogen-bond acceptors (Lipinski definition) is 5. The van der Waals surface area contributed by atoms with Gasteiger partial charge in [0.2, 0.25) is 0 Å². The van der Waals surface area contributed by atoms with Crippen molar-refractivity contribution >= 4 is 31.3 Å². The molecule has 0 spiro atoms. The van der Waals surface area contributed by atoms with Crippen molar-refractivity contribution in [1.29, 1.82) is 0 Å². The molecule has 0 unspecified atom stereocenters. The minimum atomic E-state index is -1.60. The molecular formula is C24H24BNO4S. The van der Waals surface area contributed by atoms with Gasteiger partial charge in [-0.1, -0.05) is 48.5 Å². The van der Waals surface area contributed by atoms with E-state index in [-0.39, 0.29) is 19.1 Å². The predicted octanol–water partition coefficient (Wildman–Crippen LogP) is 3.31. The summed E-state index contributed by atoms with van der Waals surface area (Å²) in [7, 11) is -1.60. The molecule has 4 rings (SSSR count). The van der Waals surface area contributed by atoms with Gasteiger partial charge in [-0.25, -0.2) is 4.79 Å². The highest BCUT2D eigenvalue weighted by Crippen LogP contribution is 2.44. The van der Waals surface area contributed by atoms with Crippen LogP contribution in [0, 0.1) is 13.8 Å². The molecule has 0 fully saturated rings. The van der Waals surface area contributed by atoms with Crippen LogP contribution in [0.3, 0.4) is 0 Å². The van der Waals surface area contributed by atoms with Crippen molar-refractivity contribution in [3.8, 4) is 11.1 Å². The zero-order valence-corrected chi connectivity index (χ0v) is 18.3. The van der Waals surface area contributed by atoms with Gasteiger partial charge < -0.3 is 20.1 Å². The maximum Gasteiger partial charge on any atom is 0.489 e. The lowest BCUT2D eigenvalue weighted by atomic mass is 9.73. The Kier molecular flexibility index (Phi) is 6.09. The van der Waals surface area contributed by atoms with Crippen LogP contribution in [-0.4, -0.2) is 29.9 Å². The van der Waals surface area contributed by atoms with E-state index >= 15 is 0 Å². The lowest BCUT2D eigenvalue weighted by molar-refractivity contribution is 0.142. The molecular weight excluding hydrogens is 409 g/mol. The van der Waals surface area contributed by atoms with E-state index in [1.54, 1.807) is 13.8 Å². The largest absolute Gasteiger partial charge is 0.489 e. The molecule has 1 aliphatic rings. The number of ether oxygens (including phenoxy) is 1. The Labute approximate surface area is 187 Å². The monoisotopic (exact) mass is 433 g/mol. The summed E-state index contributed by atoms with van der Waals surface area (Å²) in [6, 6.07) is 18.2. The summed E-state index contributed by atoms with van der Waals surface area (Å²) >= 11 is 4.41. The molecule has 0 saturated carbocycles. The van der Waals surface area contributed by atoms with Crippen molar-refractivity contribution < 1.29 is 19.6 Å². The fourth-order valence-electron chi connectivity index (χ4n) is 4.36. The summed E-state index contributed by atoms with van der Waals surface area (Å²) in [5, 5.41) is 22.1. The molecule has 1 amide bonds. The van der Waals surface area contributed by atoms with Gasteiger partial charge >= 0.3 is 13.2 Å². The van der Waals surface area contributed by atoms with Crippen LogP contribution in [0.15, 0.2) is 59.5 Å². The molecule has 3 aromatic rings. The number of hydrogen-bond donors (Lipinski definition) is 4. The standard InChI is InChI=1S/C24H24BNO4S/c1-14-16(11-22(31)15(2)23(14)25(28)29)12-26-24(27)30-13-21-19-9-5-3-7-17(19)18-8-4-6-10-20(18)21/h3-11,21,28-29,31H,12-13H2,1-2H3,(H,26,27). The first-order chi connectivity index (χ1) is 14.9. The first-order valence-electron chi connectivity index (χ1n) is 10.2. The van der Waals surface area contributed by atoms with Gasteiger partial charge in [0.1, 0.15) is 6.61 Å². The smallest absolute Gasteiger partial charge is 0.449 e. The molecule has 5 nitrogen and oxygen atoms in total. The van der Waals surface area contributed by atoms with Crippen molar-refractivity contribution in [1.82, 2.24) is 5.32 Å². The Morgan fingerprint density at radius 2 is 1.61 bits per heavy atom. The zero-order valence-electron chi connectivity index (χ0n) is 17.4. The van der Waals surface area contributed by atoms with Gasteiger partial charge in [0.05, 0.1) is 0 Å². The van der Waals surface area contributed by atoms with E-state index in [0.29, 0.717) is 21.5 Å². The van der Waals surface area contributed by atoms with Crippen LogP contribution >= 0.6 is 12.6 Å². The number of fused-ring (bicyclic) bond motifs is 3. The maximum absolute atomic E-state index is 12.4. The van der Waals surface area contributed by atoms with Crippen molar-refractivity contribution in [2.24, 2.45) is 0 Å². The maximum atomic E-state index is 12.4. The molecule has 3 aromatic carbocycles. The topological polar surface area (TPSA) is 78.8 Å². The second kappa shape index (κ2) is 8.79. The number of rotatable bonds is 5. The number of benzene rings is 3. The molecule has 0 saturated heterocycles. The quantitative estimate of drug-likeness (QED) is 0.368. The summed E-state index contributed by atoms with van der Waals surface area (Å²) < 4.78 is 5.57. The minimum absolute atomic E-state index is 0.000515. The second-order valence-electron chi connectivity index (χ2n) is 7.77. The van der Waals surface area contributed by atoms with Crippen LogP contribution in [0.1, 0.15) is 33.7 Å². The van der Waals surface area contributed by atoms with Crippen molar-refractivity contribution in [2.45, 2.75) is 31.2 Å². The summed E-state index contributed by atoms with van der Waals surface area (Å²) in [4.78, 5) is 13.1. The lowest BCUT2D eigenvalue weighted by Crippen LogP contribution is -2.36. The molecule has 0 aromatic heterocycles. The average molecular weight is 433 g/mol. The molecule has 0 heterocycles. The average Bonchev–Trinajstić information content (AvgIpc) is 3.07. The third-order valence-electron chi connectivity index (χ3n) is 6.01. The first kappa shape index (κ1) is 21.5. The van der Waals surface area contributed by atoms with Gasteiger partial charge in [-0.3, -0.25) is 0 Å². The number of alkyl carbamates (subject to hydrolysis) is 1. The van der Waals surface area contributed by atoms with E-state index in [4.69, 9.17) is 4.74 Å². The number of carbonyl (C=O) groups is 1. The van der Waals surface area contributed by atoms with Crippen molar-refractivity contribution in [3.05, 3.63) is 82.4 Å². The van der Waals surface area contributed by atoms with E-state index in [2.05, 4.69) is 42.2 Å². The third-order valence-corrected chi connectivity index (χ3v) is 6.47. The molecule has 0 radical (unpaired) electrons. The molecule has 3 N–H and O–H groups in total. The van der Waals surface area contributed by atoms with Gasteiger partial charge in [0, 0.05) is 17.4 Å². The first-order valence-corrected chi connectivity index (χ1v) is 10.6. The van der Waals surface area contributed by atoms with Crippen LogP contribution in [0.2, 0.25) is 0 Å². The SMILES string of the molecule is Cc1c(S)cc(CNC(=O)OCC2c3ccccc3-c3ccccc32)c(C)c1B(O)O. The Morgan fingerprint density at radius 1 is 1.03 bits per heavy atom. The molecule has 31 heavy (non-hydrogen) atoms. The molecule has 0 atom stereocenters. The summed E-state index contributed by atoms with van der Waals surface area (Å²) in [5.74, 6) is -0.000515. The van der Waals surface area contributed by atoms with E-state index < -0.39 is 13.2 Å². The highest BCUT2D eigenvalue weighted by molar-refractivity contribution is 7.80. The zero-order chi connectivity index (χ0) is 22.1. The lowest BCUT2D eigenvalue weighted by Gasteiger charge is -2.17. The Hall–Kier alpha value is -2.74. The van der Waals surface area contributed by atoms with Crippen LogP contribution < -0.4 is 10.8 Å². The van der Waals surface area contributed by atoms with E-state index in [1.807, 2.05) is 30.3 Å². The Bertz CT molecular complexity index is 1100. The van der Waals surface area contributed by atoms with Crippen LogP contribution in [-0.2, 0) is 11.3 Å². The highest BCUT2D eigenvalue weighted by Gasteiger charge is 2.29. The van der Waals surface area contributed by atoms with Crippen LogP contribution in [0.4, 0.5) is 4.79 Å². The van der Waals surface area contributed by atoms with Gasteiger partial charge in [0.25, 0.3) is 0 Å². The fraction of sp³-hybridized carbons (Fsp3) is 0.208. The summed E-state index contributed by atoms with van der Waals surface area (Å²) in [6.07, 6.45) is -0.520. The second-order valence-corrected chi connectivity index (χ2v) is 8.25. The molecule has 0 bridgehead atoms. The van der Waals surface area contributed by atoms with Gasteiger partial charge in [-0.15, -0.1) is 12.6 Å². The Morgan fingerprint density at radius 3 is 2.19 bits per heavy atom. The molecule has 1 aliphatic carbocycles. The van der Waals surface area contributed by atoms with Crippen LogP contribution in [0.5, 0.6) is 0 Å². The highest BCUT2D eigenvalue weighted by atomic mass is 32.1. The van der Waals surface area contributed by atoms with E-state index in [0.717, 1.165) is 16.7 Å². The number of thiol groups is 1.